The lowest BCUT2D eigenvalue weighted by Crippen LogP contribution is -1.89. The second kappa shape index (κ2) is 8.79. The molecule has 0 aromatic heterocycles. The molecule has 0 aliphatic rings. The van der Waals surface area contributed by atoms with Crippen molar-refractivity contribution in [3.63, 3.8) is 0 Å². The summed E-state index contributed by atoms with van der Waals surface area (Å²) >= 11 is 0. The predicted molar refractivity (Wildman–Crippen MR) is 59.3 cm³/mol. The Morgan fingerprint density at radius 1 is 1.18 bits per heavy atom. The Balaban J connectivity index is 2.89. The molecular formula is C9H20S2. The van der Waals surface area contributed by atoms with E-state index in [-0.39, 0.29) is 0 Å². The molecule has 0 saturated carbocycles. The van der Waals surface area contributed by atoms with Gasteiger partial charge in [-0.1, -0.05) is 55.2 Å². The van der Waals surface area contributed by atoms with Gasteiger partial charge in [-0.05, 0) is 12.8 Å². The number of unbranched alkanes of at least 4 members (excludes halogenated alkanes) is 2. The van der Waals surface area contributed by atoms with Gasteiger partial charge in [0.1, 0.15) is 0 Å². The maximum Gasteiger partial charge on any atom is 0.0120 e. The van der Waals surface area contributed by atoms with Crippen LogP contribution in [0, 0.1) is 0 Å². The minimum atomic E-state index is 0.835. The predicted octanol–water partition coefficient (Wildman–Crippen LogP) is 4.36. The second-order valence-corrected chi connectivity index (χ2v) is 5.77. The maximum atomic E-state index is 2.30. The van der Waals surface area contributed by atoms with Crippen LogP contribution in [0.3, 0.4) is 0 Å². The summed E-state index contributed by atoms with van der Waals surface area (Å²) in [5, 5.41) is 0.835. The summed E-state index contributed by atoms with van der Waals surface area (Å²) in [6.45, 7) is 6.81. The summed E-state index contributed by atoms with van der Waals surface area (Å²) in [7, 11) is 4.09. The third-order valence-corrected chi connectivity index (χ3v) is 4.79. The molecule has 0 nitrogen and oxygen atoms in total. The molecule has 11 heavy (non-hydrogen) atoms. The van der Waals surface area contributed by atoms with Gasteiger partial charge < -0.3 is 0 Å². The molecular weight excluding hydrogens is 172 g/mol. The van der Waals surface area contributed by atoms with Gasteiger partial charge in [0.2, 0.25) is 0 Å². The van der Waals surface area contributed by atoms with E-state index in [4.69, 9.17) is 0 Å². The number of hydrogen-bond acceptors (Lipinski definition) is 2. The van der Waals surface area contributed by atoms with Crippen LogP contribution >= 0.6 is 21.6 Å². The van der Waals surface area contributed by atoms with Crippen LogP contribution in [0.25, 0.3) is 0 Å². The van der Waals surface area contributed by atoms with Crippen molar-refractivity contribution in [3.05, 3.63) is 0 Å². The van der Waals surface area contributed by atoms with Crippen LogP contribution in [0.5, 0.6) is 0 Å². The third-order valence-electron chi connectivity index (χ3n) is 1.64. The lowest BCUT2D eigenvalue weighted by Gasteiger charge is -2.05. The summed E-state index contributed by atoms with van der Waals surface area (Å²) in [6.07, 6.45) is 5.43. The molecule has 0 bridgehead atoms. The Hall–Kier alpha value is 0.700. The Morgan fingerprint density at radius 2 is 1.91 bits per heavy atom. The van der Waals surface area contributed by atoms with Crippen molar-refractivity contribution in [2.24, 2.45) is 0 Å². The van der Waals surface area contributed by atoms with Crippen LogP contribution in [0.15, 0.2) is 0 Å². The van der Waals surface area contributed by atoms with Crippen molar-refractivity contribution >= 4 is 21.6 Å². The number of hydrogen-bond donors (Lipinski definition) is 0. The van der Waals surface area contributed by atoms with Crippen molar-refractivity contribution in [1.82, 2.24) is 0 Å². The Kier molecular flexibility index (Phi) is 9.35. The van der Waals surface area contributed by atoms with E-state index in [1.807, 2.05) is 21.6 Å². The molecule has 0 heterocycles. The van der Waals surface area contributed by atoms with Gasteiger partial charge in [0.15, 0.2) is 0 Å². The molecule has 0 radical (unpaired) electrons. The first-order valence-corrected chi connectivity index (χ1v) is 6.97. The van der Waals surface area contributed by atoms with Crippen LogP contribution < -0.4 is 0 Å². The topological polar surface area (TPSA) is 0 Å². The van der Waals surface area contributed by atoms with E-state index in [1.54, 1.807) is 0 Å². The lowest BCUT2D eigenvalue weighted by atomic mass is 10.3. The average molecular weight is 192 g/mol. The average Bonchev–Trinajstić information content (AvgIpc) is 2.04. The van der Waals surface area contributed by atoms with Gasteiger partial charge in [-0.15, -0.1) is 0 Å². The van der Waals surface area contributed by atoms with E-state index in [0.29, 0.717) is 0 Å². The summed E-state index contributed by atoms with van der Waals surface area (Å²) in [6, 6.07) is 0. The van der Waals surface area contributed by atoms with Crippen molar-refractivity contribution in [2.75, 3.05) is 5.75 Å². The summed E-state index contributed by atoms with van der Waals surface area (Å²) < 4.78 is 0. The van der Waals surface area contributed by atoms with Gasteiger partial charge in [-0.3, -0.25) is 0 Å². The Bertz CT molecular complexity index is 74.0. The van der Waals surface area contributed by atoms with Crippen LogP contribution in [-0.4, -0.2) is 11.0 Å². The minimum absolute atomic E-state index is 0.835. The first kappa shape index (κ1) is 11.7. The molecule has 68 valence electrons. The third kappa shape index (κ3) is 8.61. The van der Waals surface area contributed by atoms with Crippen molar-refractivity contribution in [1.29, 1.82) is 0 Å². The highest BCUT2D eigenvalue weighted by atomic mass is 33.1. The fourth-order valence-electron chi connectivity index (χ4n) is 0.643. The van der Waals surface area contributed by atoms with E-state index in [1.165, 1.54) is 31.4 Å². The molecule has 0 aliphatic heterocycles. The summed E-state index contributed by atoms with van der Waals surface area (Å²) in [4.78, 5) is 0. The first-order valence-electron chi connectivity index (χ1n) is 4.59. The quantitative estimate of drug-likeness (QED) is 0.434. The number of rotatable bonds is 7. The van der Waals surface area contributed by atoms with E-state index in [9.17, 15) is 0 Å². The van der Waals surface area contributed by atoms with Crippen LogP contribution in [-0.2, 0) is 0 Å². The molecule has 0 aliphatic carbocycles. The largest absolute Gasteiger partial charge is 0.0939 e. The molecule has 0 amide bonds. The Labute approximate surface area is 79.3 Å². The second-order valence-electron chi connectivity index (χ2n) is 2.84. The van der Waals surface area contributed by atoms with Gasteiger partial charge in [0.25, 0.3) is 0 Å². The molecule has 0 fully saturated rings. The molecule has 0 spiro atoms. The van der Waals surface area contributed by atoms with Gasteiger partial charge in [-0.25, -0.2) is 0 Å². The van der Waals surface area contributed by atoms with E-state index in [0.717, 1.165) is 5.25 Å². The molecule has 2 heteroatoms. The zero-order valence-corrected chi connectivity index (χ0v) is 9.56. The van der Waals surface area contributed by atoms with Crippen molar-refractivity contribution in [2.45, 2.75) is 51.7 Å². The Morgan fingerprint density at radius 3 is 2.45 bits per heavy atom. The van der Waals surface area contributed by atoms with Crippen molar-refractivity contribution in [3.8, 4) is 0 Å². The molecule has 0 saturated heterocycles. The molecule has 1 atom stereocenters. The summed E-state index contributed by atoms with van der Waals surface area (Å²) in [5.74, 6) is 1.34. The van der Waals surface area contributed by atoms with E-state index >= 15 is 0 Å². The van der Waals surface area contributed by atoms with Crippen LogP contribution in [0.4, 0.5) is 0 Å². The lowest BCUT2D eigenvalue weighted by molar-refractivity contribution is 0.779. The SMILES string of the molecule is CCCCCSSC(C)CC. The zero-order valence-electron chi connectivity index (χ0n) is 7.93. The zero-order chi connectivity index (χ0) is 8.53. The van der Waals surface area contributed by atoms with Crippen molar-refractivity contribution < 1.29 is 0 Å². The van der Waals surface area contributed by atoms with E-state index in [2.05, 4.69) is 20.8 Å². The first-order chi connectivity index (χ1) is 5.31. The standard InChI is InChI=1S/C9H20S2/c1-4-6-7-8-10-11-9(3)5-2/h9H,4-8H2,1-3H3. The fourth-order valence-corrected chi connectivity index (χ4v) is 3.18. The van der Waals surface area contributed by atoms with Gasteiger partial charge in [0, 0.05) is 11.0 Å². The molecule has 0 aromatic rings. The highest BCUT2D eigenvalue weighted by Crippen LogP contribution is 2.28. The maximum absolute atomic E-state index is 2.30. The highest BCUT2D eigenvalue weighted by Gasteiger charge is 1.98. The van der Waals surface area contributed by atoms with Gasteiger partial charge in [-0.2, -0.15) is 0 Å². The van der Waals surface area contributed by atoms with Crippen LogP contribution in [0.1, 0.15) is 46.5 Å². The fraction of sp³-hybridized carbons (Fsp3) is 1.00. The smallest absolute Gasteiger partial charge is 0.0120 e. The minimum Gasteiger partial charge on any atom is -0.0939 e. The summed E-state index contributed by atoms with van der Waals surface area (Å²) in [5.41, 5.74) is 0. The molecule has 0 aromatic carbocycles. The van der Waals surface area contributed by atoms with Crippen LogP contribution in [0.2, 0.25) is 0 Å². The molecule has 1 unspecified atom stereocenters. The molecule has 0 N–H and O–H groups in total. The van der Waals surface area contributed by atoms with Gasteiger partial charge >= 0.3 is 0 Å². The van der Waals surface area contributed by atoms with Gasteiger partial charge in [0.05, 0.1) is 0 Å². The normalized spacial score (nSPS) is 13.4. The highest BCUT2D eigenvalue weighted by molar-refractivity contribution is 8.76. The van der Waals surface area contributed by atoms with E-state index < -0.39 is 0 Å². The molecule has 0 rings (SSSR count). The monoisotopic (exact) mass is 192 g/mol.